The van der Waals surface area contributed by atoms with Crippen molar-refractivity contribution in [2.45, 2.75) is 37.9 Å². The molecule has 1 N–H and O–H groups in total. The van der Waals surface area contributed by atoms with Crippen LogP contribution in [-0.4, -0.2) is 32.5 Å². The van der Waals surface area contributed by atoms with Crippen LogP contribution in [0.5, 0.6) is 0 Å². The van der Waals surface area contributed by atoms with Gasteiger partial charge in [0.2, 0.25) is 0 Å². The van der Waals surface area contributed by atoms with Crippen LogP contribution in [0.15, 0.2) is 0 Å². The molecule has 0 bridgehead atoms. The van der Waals surface area contributed by atoms with Crippen molar-refractivity contribution in [1.82, 2.24) is 5.32 Å². The Labute approximate surface area is 80.8 Å². The Bertz CT molecular complexity index is 228. The van der Waals surface area contributed by atoms with Crippen LogP contribution in [0.25, 0.3) is 0 Å². The van der Waals surface area contributed by atoms with E-state index in [2.05, 4.69) is 5.32 Å². The van der Waals surface area contributed by atoms with E-state index in [1.165, 1.54) is 0 Å². The Morgan fingerprint density at radius 1 is 1.38 bits per heavy atom. The number of hydrogen-bond acceptors (Lipinski definition) is 3. The van der Waals surface area contributed by atoms with E-state index >= 15 is 0 Å². The maximum Gasteiger partial charge on any atom is 0.154 e. The molecule has 1 unspecified atom stereocenters. The summed E-state index contributed by atoms with van der Waals surface area (Å²) in [6.45, 7) is 3.54. The molecule has 0 amide bonds. The summed E-state index contributed by atoms with van der Waals surface area (Å²) in [5.41, 5.74) is 0. The van der Waals surface area contributed by atoms with Crippen molar-refractivity contribution in [3.05, 3.63) is 0 Å². The molecule has 1 heterocycles. The Kier molecular flexibility index (Phi) is 4.19. The molecule has 4 heteroatoms. The van der Waals surface area contributed by atoms with Crippen LogP contribution < -0.4 is 5.32 Å². The number of sulfone groups is 1. The van der Waals surface area contributed by atoms with Crippen molar-refractivity contribution in [2.24, 2.45) is 0 Å². The lowest BCUT2D eigenvalue weighted by Gasteiger charge is -2.14. The highest BCUT2D eigenvalue weighted by Gasteiger charge is 2.24. The summed E-state index contributed by atoms with van der Waals surface area (Å²) in [5.74, 6) is 0.347. The molecular weight excluding hydrogens is 186 g/mol. The van der Waals surface area contributed by atoms with Gasteiger partial charge in [0.15, 0.2) is 9.84 Å². The van der Waals surface area contributed by atoms with Crippen molar-refractivity contribution in [2.75, 3.05) is 18.8 Å². The molecule has 1 saturated heterocycles. The van der Waals surface area contributed by atoms with Crippen LogP contribution in [0.4, 0.5) is 0 Å². The Hall–Kier alpha value is -0.0900. The molecule has 0 aromatic heterocycles. The van der Waals surface area contributed by atoms with E-state index in [1.54, 1.807) is 0 Å². The van der Waals surface area contributed by atoms with Crippen LogP contribution >= 0.6 is 0 Å². The second kappa shape index (κ2) is 4.96. The van der Waals surface area contributed by atoms with E-state index in [-0.39, 0.29) is 5.25 Å². The van der Waals surface area contributed by atoms with Crippen LogP contribution in [0, 0.1) is 0 Å². The minimum atomic E-state index is -2.82. The van der Waals surface area contributed by atoms with Crippen molar-refractivity contribution in [3.63, 3.8) is 0 Å². The monoisotopic (exact) mass is 205 g/mol. The zero-order valence-electron chi connectivity index (χ0n) is 8.25. The van der Waals surface area contributed by atoms with Gasteiger partial charge in [0, 0.05) is 6.54 Å². The average molecular weight is 205 g/mol. The predicted molar refractivity (Wildman–Crippen MR) is 54.6 cm³/mol. The summed E-state index contributed by atoms with van der Waals surface area (Å²) >= 11 is 0. The molecule has 0 aliphatic carbocycles. The Balaban J connectivity index is 2.57. The second-order valence-electron chi connectivity index (χ2n) is 3.69. The summed E-state index contributed by atoms with van der Waals surface area (Å²) in [6, 6.07) is 0. The van der Waals surface area contributed by atoms with Crippen molar-refractivity contribution >= 4 is 9.84 Å². The van der Waals surface area contributed by atoms with Crippen LogP contribution in [0.1, 0.15) is 32.6 Å². The van der Waals surface area contributed by atoms with E-state index in [0.29, 0.717) is 12.3 Å². The van der Waals surface area contributed by atoms with Gasteiger partial charge in [-0.3, -0.25) is 0 Å². The first-order valence-corrected chi connectivity index (χ1v) is 6.80. The molecule has 1 rings (SSSR count). The van der Waals surface area contributed by atoms with E-state index in [1.807, 2.05) is 6.92 Å². The van der Waals surface area contributed by atoms with Crippen molar-refractivity contribution in [3.8, 4) is 0 Å². The first-order chi connectivity index (χ1) is 6.17. The molecule has 1 aliphatic heterocycles. The first-order valence-electron chi connectivity index (χ1n) is 5.09. The van der Waals surface area contributed by atoms with Crippen molar-refractivity contribution < 1.29 is 8.42 Å². The highest BCUT2D eigenvalue weighted by atomic mass is 32.2. The maximum atomic E-state index is 11.7. The zero-order chi connectivity index (χ0) is 9.73. The van der Waals surface area contributed by atoms with Crippen LogP contribution in [0.2, 0.25) is 0 Å². The van der Waals surface area contributed by atoms with Gasteiger partial charge >= 0.3 is 0 Å². The lowest BCUT2D eigenvalue weighted by atomic mass is 10.2. The molecule has 78 valence electrons. The summed E-state index contributed by atoms with van der Waals surface area (Å²) in [5, 5.41) is 3.05. The van der Waals surface area contributed by atoms with E-state index < -0.39 is 9.84 Å². The third-order valence-corrected chi connectivity index (χ3v) is 4.89. The van der Waals surface area contributed by atoms with Crippen molar-refractivity contribution in [1.29, 1.82) is 0 Å². The zero-order valence-corrected chi connectivity index (χ0v) is 9.07. The van der Waals surface area contributed by atoms with Gasteiger partial charge in [-0.2, -0.15) is 0 Å². The smallest absolute Gasteiger partial charge is 0.154 e. The fraction of sp³-hybridized carbons (Fsp3) is 1.00. The summed E-state index contributed by atoms with van der Waals surface area (Å²) in [4.78, 5) is 0. The molecule has 13 heavy (non-hydrogen) atoms. The topological polar surface area (TPSA) is 46.2 Å². The molecule has 1 fully saturated rings. The fourth-order valence-corrected chi connectivity index (χ4v) is 3.54. The van der Waals surface area contributed by atoms with E-state index in [9.17, 15) is 8.42 Å². The lowest BCUT2D eigenvalue weighted by Crippen LogP contribution is -2.33. The summed E-state index contributed by atoms with van der Waals surface area (Å²) in [6.07, 6.45) is 3.73. The third-order valence-electron chi connectivity index (χ3n) is 2.50. The highest BCUT2D eigenvalue weighted by Crippen LogP contribution is 2.13. The lowest BCUT2D eigenvalue weighted by molar-refractivity contribution is 0.566. The van der Waals surface area contributed by atoms with Gasteiger partial charge in [-0.25, -0.2) is 8.42 Å². The minimum Gasteiger partial charge on any atom is -0.315 e. The molecule has 0 saturated carbocycles. The number of hydrogen-bond donors (Lipinski definition) is 1. The van der Waals surface area contributed by atoms with Crippen LogP contribution in [-0.2, 0) is 9.84 Å². The van der Waals surface area contributed by atoms with Gasteiger partial charge in [0.05, 0.1) is 11.0 Å². The molecule has 1 aliphatic rings. The SMILES string of the molecule is CCCS(=O)(=O)C1CCCCNC1. The Morgan fingerprint density at radius 3 is 2.85 bits per heavy atom. The number of nitrogens with one attached hydrogen (secondary N) is 1. The third kappa shape index (κ3) is 3.27. The quantitative estimate of drug-likeness (QED) is 0.746. The Morgan fingerprint density at radius 2 is 2.15 bits per heavy atom. The van der Waals surface area contributed by atoms with Gasteiger partial charge in [0.25, 0.3) is 0 Å². The van der Waals surface area contributed by atoms with Gasteiger partial charge in [-0.15, -0.1) is 0 Å². The average Bonchev–Trinajstić information content (AvgIpc) is 2.31. The summed E-state index contributed by atoms with van der Waals surface area (Å²) in [7, 11) is -2.82. The van der Waals surface area contributed by atoms with Gasteiger partial charge in [-0.1, -0.05) is 13.3 Å². The minimum absolute atomic E-state index is 0.130. The maximum absolute atomic E-state index is 11.7. The largest absolute Gasteiger partial charge is 0.315 e. The van der Waals surface area contributed by atoms with Gasteiger partial charge in [-0.05, 0) is 25.8 Å². The van der Waals surface area contributed by atoms with Gasteiger partial charge < -0.3 is 5.32 Å². The molecule has 0 aromatic carbocycles. The predicted octanol–water partition coefficient (Wildman–Crippen LogP) is 0.953. The van der Waals surface area contributed by atoms with Crippen LogP contribution in [0.3, 0.4) is 0 Å². The highest BCUT2D eigenvalue weighted by molar-refractivity contribution is 7.92. The first kappa shape index (κ1) is 11.0. The normalized spacial score (nSPS) is 25.5. The van der Waals surface area contributed by atoms with E-state index in [0.717, 1.165) is 32.2 Å². The molecule has 3 nitrogen and oxygen atoms in total. The standard InChI is InChI=1S/C9H19NO2S/c1-2-7-13(11,12)9-5-3-4-6-10-8-9/h9-10H,2-8H2,1H3. The van der Waals surface area contributed by atoms with Gasteiger partial charge in [0.1, 0.15) is 0 Å². The number of rotatable bonds is 3. The molecule has 0 radical (unpaired) electrons. The molecule has 0 aromatic rings. The van der Waals surface area contributed by atoms with E-state index in [4.69, 9.17) is 0 Å². The summed E-state index contributed by atoms with van der Waals surface area (Å²) < 4.78 is 23.4. The molecule has 1 atom stereocenters. The molecular formula is C9H19NO2S. The fourth-order valence-electron chi connectivity index (χ4n) is 1.74. The second-order valence-corrected chi connectivity index (χ2v) is 6.09. The molecule has 0 spiro atoms.